The van der Waals surface area contributed by atoms with Gasteiger partial charge < -0.3 is 5.32 Å². The molecule has 0 spiro atoms. The predicted octanol–water partition coefficient (Wildman–Crippen LogP) is 1.03. The molecule has 1 atom stereocenters. The van der Waals surface area contributed by atoms with Gasteiger partial charge in [-0.25, -0.2) is 4.39 Å². The molecule has 4 rings (SSSR count). The summed E-state index contributed by atoms with van der Waals surface area (Å²) in [5, 5.41) is 6.65. The van der Waals surface area contributed by atoms with Crippen LogP contribution in [0.25, 0.3) is 5.78 Å². The van der Waals surface area contributed by atoms with E-state index in [0.29, 0.717) is 11.1 Å². The third-order valence-corrected chi connectivity index (χ3v) is 3.73. The molecule has 7 nitrogen and oxygen atoms in total. The Balaban J connectivity index is 2.01. The number of carbonyl (C=O) groups excluding carboxylic acids is 1. The first kappa shape index (κ1) is 12.7. The molecule has 0 aliphatic carbocycles. The minimum Gasteiger partial charge on any atom is -0.310 e. The van der Waals surface area contributed by atoms with Gasteiger partial charge in [-0.1, -0.05) is 12.1 Å². The molecule has 3 aromatic rings. The molecule has 3 heterocycles. The van der Waals surface area contributed by atoms with Crippen molar-refractivity contribution in [1.82, 2.24) is 19.6 Å². The number of halogens is 1. The van der Waals surface area contributed by atoms with Crippen LogP contribution in [0.2, 0.25) is 0 Å². The Kier molecular flexibility index (Phi) is 2.59. The van der Waals surface area contributed by atoms with Crippen LogP contribution in [-0.2, 0) is 4.79 Å². The summed E-state index contributed by atoms with van der Waals surface area (Å²) in [5.74, 6) is -0.685. The van der Waals surface area contributed by atoms with E-state index in [-0.39, 0.29) is 29.5 Å². The zero-order valence-electron chi connectivity index (χ0n) is 11.2. The van der Waals surface area contributed by atoms with Gasteiger partial charge in [0.05, 0.1) is 5.56 Å². The average molecular weight is 299 g/mol. The van der Waals surface area contributed by atoms with Crippen LogP contribution in [0.3, 0.4) is 0 Å². The standard InChI is InChI=1S/C14H10FN5O2/c15-8-3-1-2-7(4-8)9-5-10(21)18-12-11(9)13(22)19-14-16-6-17-20(12)14/h1-4,6,9H,5H2,(H,18,21)(H,16,17,19,22)/t9-/m0/s1. The number of rotatable bonds is 1. The van der Waals surface area contributed by atoms with Crippen LogP contribution in [0.5, 0.6) is 0 Å². The van der Waals surface area contributed by atoms with Crippen molar-refractivity contribution in [2.75, 3.05) is 5.32 Å². The number of aromatic nitrogens is 4. The summed E-state index contributed by atoms with van der Waals surface area (Å²) < 4.78 is 14.8. The van der Waals surface area contributed by atoms with Gasteiger partial charge in [-0.2, -0.15) is 14.6 Å². The first-order valence-electron chi connectivity index (χ1n) is 6.64. The predicted molar refractivity (Wildman–Crippen MR) is 75.1 cm³/mol. The number of nitrogens with zero attached hydrogens (tertiary/aromatic N) is 3. The normalized spacial score (nSPS) is 17.3. The average Bonchev–Trinajstić information content (AvgIpc) is 2.94. The minimum absolute atomic E-state index is 0.0692. The maximum absolute atomic E-state index is 13.5. The highest BCUT2D eigenvalue weighted by molar-refractivity contribution is 5.94. The van der Waals surface area contributed by atoms with Crippen molar-refractivity contribution in [3.05, 3.63) is 57.9 Å². The Morgan fingerprint density at radius 3 is 3.00 bits per heavy atom. The lowest BCUT2D eigenvalue weighted by Gasteiger charge is -2.25. The smallest absolute Gasteiger partial charge is 0.258 e. The topological polar surface area (TPSA) is 92.2 Å². The second-order valence-corrected chi connectivity index (χ2v) is 5.07. The second kappa shape index (κ2) is 4.48. The molecule has 0 saturated carbocycles. The minimum atomic E-state index is -0.531. The van der Waals surface area contributed by atoms with Gasteiger partial charge >= 0.3 is 0 Å². The molecule has 0 fully saturated rings. The summed E-state index contributed by atoms with van der Waals surface area (Å²) in [6, 6.07) is 5.90. The number of nitrogens with one attached hydrogen (secondary N) is 2. The van der Waals surface area contributed by atoms with Gasteiger partial charge in [0, 0.05) is 12.3 Å². The van der Waals surface area contributed by atoms with Crippen molar-refractivity contribution in [1.29, 1.82) is 0 Å². The van der Waals surface area contributed by atoms with Gasteiger partial charge in [0.1, 0.15) is 18.0 Å². The van der Waals surface area contributed by atoms with Gasteiger partial charge in [0.25, 0.3) is 5.56 Å². The second-order valence-electron chi connectivity index (χ2n) is 5.07. The van der Waals surface area contributed by atoms with Crippen molar-refractivity contribution in [3.63, 3.8) is 0 Å². The Hall–Kier alpha value is -3.03. The maximum atomic E-state index is 13.5. The van der Waals surface area contributed by atoms with Crippen molar-refractivity contribution < 1.29 is 9.18 Å². The number of H-pyrrole nitrogens is 1. The van der Waals surface area contributed by atoms with E-state index in [1.54, 1.807) is 12.1 Å². The molecule has 0 saturated heterocycles. The van der Waals surface area contributed by atoms with Crippen molar-refractivity contribution >= 4 is 17.5 Å². The third-order valence-electron chi connectivity index (χ3n) is 3.73. The summed E-state index contributed by atoms with van der Waals surface area (Å²) >= 11 is 0. The van der Waals surface area contributed by atoms with Crippen LogP contribution >= 0.6 is 0 Å². The first-order valence-corrected chi connectivity index (χ1v) is 6.64. The zero-order valence-corrected chi connectivity index (χ0v) is 11.2. The molecule has 0 unspecified atom stereocenters. The van der Waals surface area contributed by atoms with Crippen LogP contribution < -0.4 is 10.9 Å². The molecule has 2 aromatic heterocycles. The Morgan fingerprint density at radius 2 is 2.18 bits per heavy atom. The van der Waals surface area contributed by atoms with E-state index in [2.05, 4.69) is 20.4 Å². The highest BCUT2D eigenvalue weighted by Gasteiger charge is 2.31. The maximum Gasteiger partial charge on any atom is 0.258 e. The van der Waals surface area contributed by atoms with E-state index in [1.807, 2.05) is 0 Å². The number of aromatic amines is 1. The summed E-state index contributed by atoms with van der Waals surface area (Å²) in [5.41, 5.74) is 0.550. The number of anilines is 1. The largest absolute Gasteiger partial charge is 0.310 e. The van der Waals surface area contributed by atoms with Gasteiger partial charge in [0.2, 0.25) is 11.7 Å². The zero-order chi connectivity index (χ0) is 15.3. The molecule has 1 amide bonds. The van der Waals surface area contributed by atoms with E-state index in [1.165, 1.54) is 23.0 Å². The van der Waals surface area contributed by atoms with E-state index >= 15 is 0 Å². The van der Waals surface area contributed by atoms with Gasteiger partial charge in [-0.15, -0.1) is 0 Å². The van der Waals surface area contributed by atoms with Crippen LogP contribution in [0.15, 0.2) is 35.4 Å². The number of hydrogen-bond donors (Lipinski definition) is 2. The highest BCUT2D eigenvalue weighted by Crippen LogP contribution is 2.34. The highest BCUT2D eigenvalue weighted by atomic mass is 19.1. The molecular weight excluding hydrogens is 289 g/mol. The molecule has 1 aliphatic rings. The molecule has 22 heavy (non-hydrogen) atoms. The van der Waals surface area contributed by atoms with Crippen LogP contribution in [0.1, 0.15) is 23.5 Å². The van der Waals surface area contributed by atoms with E-state index < -0.39 is 11.7 Å². The molecule has 1 aliphatic heterocycles. The fraction of sp³-hybridized carbons (Fsp3) is 0.143. The Morgan fingerprint density at radius 1 is 1.32 bits per heavy atom. The molecule has 2 N–H and O–H groups in total. The fourth-order valence-corrected chi connectivity index (χ4v) is 2.80. The van der Waals surface area contributed by atoms with Crippen LogP contribution in [0, 0.1) is 5.82 Å². The van der Waals surface area contributed by atoms with Gasteiger partial charge in [-0.3, -0.25) is 14.6 Å². The van der Waals surface area contributed by atoms with Crippen LogP contribution in [0.4, 0.5) is 10.2 Å². The summed E-state index contributed by atoms with van der Waals surface area (Å²) in [4.78, 5) is 30.9. The molecule has 0 radical (unpaired) electrons. The number of fused-ring (bicyclic) bond motifs is 3. The first-order chi connectivity index (χ1) is 10.6. The van der Waals surface area contributed by atoms with E-state index in [9.17, 15) is 14.0 Å². The summed E-state index contributed by atoms with van der Waals surface area (Å²) in [6.07, 6.45) is 1.35. The quantitative estimate of drug-likeness (QED) is 0.702. The monoisotopic (exact) mass is 299 g/mol. The van der Waals surface area contributed by atoms with Gasteiger partial charge in [-0.05, 0) is 17.7 Å². The van der Waals surface area contributed by atoms with Gasteiger partial charge in [0.15, 0.2) is 0 Å². The van der Waals surface area contributed by atoms with Crippen molar-refractivity contribution in [2.24, 2.45) is 0 Å². The van der Waals surface area contributed by atoms with E-state index in [0.717, 1.165) is 0 Å². The van der Waals surface area contributed by atoms with E-state index in [4.69, 9.17) is 0 Å². The molecule has 1 aromatic carbocycles. The number of carbonyl (C=O) groups is 1. The van der Waals surface area contributed by atoms with Crippen molar-refractivity contribution in [2.45, 2.75) is 12.3 Å². The molecule has 8 heteroatoms. The lowest BCUT2D eigenvalue weighted by molar-refractivity contribution is -0.116. The summed E-state index contributed by atoms with van der Waals surface area (Å²) in [6.45, 7) is 0. The summed E-state index contributed by atoms with van der Waals surface area (Å²) in [7, 11) is 0. The molecular formula is C14H10FN5O2. The van der Waals surface area contributed by atoms with Crippen LogP contribution in [-0.4, -0.2) is 25.5 Å². The SMILES string of the molecule is O=C1C[C@@H](c2cccc(F)c2)c2c(n3ncnc3[nH]c2=O)N1. The molecule has 110 valence electrons. The number of hydrogen-bond acceptors (Lipinski definition) is 4. The fourth-order valence-electron chi connectivity index (χ4n) is 2.80. The lowest BCUT2D eigenvalue weighted by Crippen LogP contribution is -2.32. The Labute approximate surface area is 122 Å². The van der Waals surface area contributed by atoms with Crippen molar-refractivity contribution in [3.8, 4) is 0 Å². The lowest BCUT2D eigenvalue weighted by atomic mass is 9.87. The number of amides is 1. The molecule has 0 bridgehead atoms. The third kappa shape index (κ3) is 1.80. The number of benzene rings is 1. The Bertz CT molecular complexity index is 961.